The van der Waals surface area contributed by atoms with Gasteiger partial charge in [-0.25, -0.2) is 0 Å². The van der Waals surface area contributed by atoms with Crippen LogP contribution in [-0.4, -0.2) is 12.1 Å². The van der Waals surface area contributed by atoms with Crippen LogP contribution in [0.15, 0.2) is 72.3 Å². The Hall–Kier alpha value is -2.48. The van der Waals surface area contributed by atoms with Crippen molar-refractivity contribution in [1.29, 1.82) is 0 Å². The summed E-state index contributed by atoms with van der Waals surface area (Å²) >= 11 is 0. The zero-order chi connectivity index (χ0) is 17.5. The number of aldehydes is 1. The quantitative estimate of drug-likeness (QED) is 0.405. The predicted molar refractivity (Wildman–Crippen MR) is 101 cm³/mol. The molecule has 1 aliphatic carbocycles. The molecular weight excluding hydrogens is 308 g/mol. The fourth-order valence-corrected chi connectivity index (χ4v) is 3.62. The molecule has 0 spiro atoms. The first-order valence-electron chi connectivity index (χ1n) is 9.04. The highest BCUT2D eigenvalue weighted by Gasteiger charge is 2.20. The van der Waals surface area contributed by atoms with E-state index >= 15 is 0 Å². The molecule has 0 N–H and O–H groups in total. The van der Waals surface area contributed by atoms with E-state index in [-0.39, 0.29) is 18.1 Å². The molecule has 2 nitrogen and oxygen atoms in total. The van der Waals surface area contributed by atoms with Crippen LogP contribution >= 0.6 is 0 Å². The van der Waals surface area contributed by atoms with Gasteiger partial charge in [0.15, 0.2) is 5.78 Å². The molecule has 2 aromatic rings. The molecule has 0 radical (unpaired) electrons. The number of allylic oxidation sites excluding steroid dienone is 2. The molecule has 0 aliphatic heterocycles. The van der Waals surface area contributed by atoms with Crippen LogP contribution in [0.1, 0.15) is 53.9 Å². The highest BCUT2D eigenvalue weighted by molar-refractivity contribution is 5.97. The van der Waals surface area contributed by atoms with Crippen LogP contribution in [0.2, 0.25) is 0 Å². The second kappa shape index (κ2) is 8.57. The highest BCUT2D eigenvalue weighted by atomic mass is 16.1. The first kappa shape index (κ1) is 17.3. The van der Waals surface area contributed by atoms with E-state index in [0.29, 0.717) is 11.5 Å². The molecule has 25 heavy (non-hydrogen) atoms. The van der Waals surface area contributed by atoms with Gasteiger partial charge >= 0.3 is 0 Å². The lowest BCUT2D eigenvalue weighted by Crippen LogP contribution is -2.11. The smallest absolute Gasteiger partial charge is 0.163 e. The molecule has 2 heteroatoms. The number of Topliss-reactive ketones (excluding diaryl/α,β-unsaturated/α-hetero) is 1. The molecule has 1 aliphatic rings. The minimum atomic E-state index is -0.309. The van der Waals surface area contributed by atoms with Gasteiger partial charge in [-0.05, 0) is 37.2 Å². The van der Waals surface area contributed by atoms with E-state index in [1.54, 1.807) is 0 Å². The molecule has 1 atom stereocenters. The van der Waals surface area contributed by atoms with E-state index in [2.05, 4.69) is 30.3 Å². The first-order chi connectivity index (χ1) is 12.3. The van der Waals surface area contributed by atoms with Gasteiger partial charge in [0.25, 0.3) is 0 Å². The van der Waals surface area contributed by atoms with Crippen LogP contribution in [0.4, 0.5) is 0 Å². The largest absolute Gasteiger partial charge is 0.303 e. The number of hydrogen-bond donors (Lipinski definition) is 0. The Morgan fingerprint density at radius 1 is 0.960 bits per heavy atom. The van der Waals surface area contributed by atoms with Crippen molar-refractivity contribution in [1.82, 2.24) is 0 Å². The number of carbonyl (C=O) groups excluding carboxylic acids is 2. The first-order valence-corrected chi connectivity index (χ1v) is 9.04. The summed E-state index contributed by atoms with van der Waals surface area (Å²) in [4.78, 5) is 23.7. The average Bonchev–Trinajstić information content (AvgIpc) is 2.69. The van der Waals surface area contributed by atoms with Gasteiger partial charge in [0.2, 0.25) is 0 Å². The Morgan fingerprint density at radius 3 is 2.16 bits per heavy atom. The molecule has 0 bridgehead atoms. The summed E-state index contributed by atoms with van der Waals surface area (Å²) in [5.74, 6) is 0.336. The Balaban J connectivity index is 1.58. The summed E-state index contributed by atoms with van der Waals surface area (Å²) < 4.78 is 0. The zero-order valence-corrected chi connectivity index (χ0v) is 14.4. The third kappa shape index (κ3) is 4.76. The lowest BCUT2D eigenvalue weighted by molar-refractivity contribution is -0.109. The normalized spacial score (nSPS) is 18.4. The summed E-state index contributed by atoms with van der Waals surface area (Å²) in [5, 5.41) is 0. The second-order valence-corrected chi connectivity index (χ2v) is 6.80. The van der Waals surface area contributed by atoms with Crippen LogP contribution in [0.3, 0.4) is 0 Å². The zero-order valence-electron chi connectivity index (χ0n) is 14.4. The van der Waals surface area contributed by atoms with Crippen molar-refractivity contribution in [3.63, 3.8) is 0 Å². The van der Waals surface area contributed by atoms with Gasteiger partial charge in [-0.1, -0.05) is 72.3 Å². The maximum atomic E-state index is 12.3. The van der Waals surface area contributed by atoms with E-state index in [1.165, 1.54) is 11.1 Å². The van der Waals surface area contributed by atoms with Crippen molar-refractivity contribution in [2.45, 2.75) is 38.0 Å². The van der Waals surface area contributed by atoms with Gasteiger partial charge in [0, 0.05) is 17.9 Å². The fourth-order valence-electron chi connectivity index (χ4n) is 3.62. The van der Waals surface area contributed by atoms with Crippen LogP contribution in [-0.2, 0) is 4.79 Å². The number of ketones is 1. The van der Waals surface area contributed by atoms with E-state index in [9.17, 15) is 9.59 Å². The topological polar surface area (TPSA) is 34.1 Å². The van der Waals surface area contributed by atoms with Crippen molar-refractivity contribution in [3.8, 4) is 0 Å². The van der Waals surface area contributed by atoms with Crippen LogP contribution < -0.4 is 0 Å². The maximum absolute atomic E-state index is 12.3. The number of rotatable bonds is 6. The number of benzene rings is 2. The SMILES string of the molecule is O=C[C@H](C=C1CCC(c2ccccc2)CC1)CC(=O)c1ccccc1. The van der Waals surface area contributed by atoms with Gasteiger partial charge in [-0.15, -0.1) is 0 Å². The highest BCUT2D eigenvalue weighted by Crippen LogP contribution is 2.35. The van der Waals surface area contributed by atoms with Crippen molar-refractivity contribution >= 4 is 12.1 Å². The lowest BCUT2D eigenvalue weighted by atomic mass is 9.80. The molecule has 0 amide bonds. The van der Waals surface area contributed by atoms with Crippen molar-refractivity contribution in [3.05, 3.63) is 83.4 Å². The van der Waals surface area contributed by atoms with Crippen LogP contribution in [0.5, 0.6) is 0 Å². The molecular formula is C23H24O2. The standard InChI is InChI=1S/C23H24O2/c24-17-19(16-23(25)22-9-5-2-6-10-22)15-18-11-13-21(14-12-18)20-7-3-1-4-8-20/h1-10,15,17,19,21H,11-14,16H2/t19-,21?/m1/s1. The van der Waals surface area contributed by atoms with E-state index in [1.807, 2.05) is 36.4 Å². The van der Waals surface area contributed by atoms with Crippen LogP contribution in [0.25, 0.3) is 0 Å². The summed E-state index contributed by atoms with van der Waals surface area (Å²) in [5.41, 5.74) is 3.42. The fraction of sp³-hybridized carbons (Fsp3) is 0.304. The minimum absolute atomic E-state index is 0.0347. The van der Waals surface area contributed by atoms with Gasteiger partial charge < -0.3 is 4.79 Å². The van der Waals surface area contributed by atoms with Gasteiger partial charge in [-0.2, -0.15) is 0 Å². The third-order valence-corrected chi connectivity index (χ3v) is 5.04. The number of carbonyl (C=O) groups is 2. The molecule has 0 unspecified atom stereocenters. The molecule has 1 saturated carbocycles. The summed E-state index contributed by atoms with van der Waals surface area (Å²) in [7, 11) is 0. The van der Waals surface area contributed by atoms with Crippen molar-refractivity contribution in [2.75, 3.05) is 0 Å². The Bertz CT molecular complexity index is 721. The minimum Gasteiger partial charge on any atom is -0.303 e. The van der Waals surface area contributed by atoms with Crippen LogP contribution in [0, 0.1) is 5.92 Å². The Labute approximate surface area is 149 Å². The summed E-state index contributed by atoms with van der Waals surface area (Å²) in [6.45, 7) is 0. The molecule has 128 valence electrons. The molecule has 0 aromatic heterocycles. The second-order valence-electron chi connectivity index (χ2n) is 6.80. The Kier molecular flexibility index (Phi) is 5.95. The third-order valence-electron chi connectivity index (χ3n) is 5.04. The van der Waals surface area contributed by atoms with E-state index in [0.717, 1.165) is 32.0 Å². The molecule has 2 aromatic carbocycles. The molecule has 0 saturated heterocycles. The molecule has 1 fully saturated rings. The average molecular weight is 332 g/mol. The summed E-state index contributed by atoms with van der Waals surface area (Å²) in [6.07, 6.45) is 7.49. The van der Waals surface area contributed by atoms with Crippen molar-refractivity contribution < 1.29 is 9.59 Å². The van der Waals surface area contributed by atoms with Gasteiger partial charge in [0.05, 0.1) is 0 Å². The monoisotopic (exact) mass is 332 g/mol. The molecule has 3 rings (SSSR count). The molecule has 0 heterocycles. The van der Waals surface area contributed by atoms with E-state index < -0.39 is 0 Å². The Morgan fingerprint density at radius 2 is 1.56 bits per heavy atom. The van der Waals surface area contributed by atoms with Gasteiger partial charge in [0.1, 0.15) is 6.29 Å². The maximum Gasteiger partial charge on any atom is 0.163 e. The predicted octanol–water partition coefficient (Wildman–Crippen LogP) is 5.36. The van der Waals surface area contributed by atoms with Crippen molar-refractivity contribution in [2.24, 2.45) is 5.92 Å². The number of hydrogen-bond acceptors (Lipinski definition) is 2. The summed E-state index contributed by atoms with van der Waals surface area (Å²) in [6, 6.07) is 19.9. The lowest BCUT2D eigenvalue weighted by Gasteiger charge is -2.25. The van der Waals surface area contributed by atoms with E-state index in [4.69, 9.17) is 0 Å². The van der Waals surface area contributed by atoms with Gasteiger partial charge in [-0.3, -0.25) is 4.79 Å².